The van der Waals surface area contributed by atoms with E-state index in [1.807, 2.05) is 44.7 Å². The molecule has 5 atom stereocenters. The molecule has 5 aliphatic heterocycles. The summed E-state index contributed by atoms with van der Waals surface area (Å²) in [5.41, 5.74) is 1.28. The molecule has 5 heterocycles. The average molecular weight is 590 g/mol. The lowest BCUT2D eigenvalue weighted by molar-refractivity contribution is -0.282. The number of piperidine rings is 1. The lowest BCUT2D eigenvalue weighted by atomic mass is 10.0. The van der Waals surface area contributed by atoms with Gasteiger partial charge in [0.1, 0.15) is 24.4 Å². The van der Waals surface area contributed by atoms with E-state index in [0.717, 1.165) is 12.1 Å². The molecule has 5 fully saturated rings. The topological polar surface area (TPSA) is 126 Å². The van der Waals surface area contributed by atoms with Gasteiger partial charge >= 0.3 is 0 Å². The summed E-state index contributed by atoms with van der Waals surface area (Å²) in [5.74, 6) is -2.16. The Morgan fingerprint density at radius 2 is 1.57 bits per heavy atom. The standard InChI is InChI=1S/C30H43N3O9/c1-28(2)38-18-21(40-28)23-24-25(42-29(3,4)41-24)27(39-23)32-20-8-6-19(7-9-20)26(35)31-13-10-22(34)33-14-11-30(12-15-33)36-16-5-17-37-30/h6-9,21,23-25,27,32H,5,10-18H2,1-4H3,(H,31,35)/t21?,23?,24-,25-,27?/m0/s1. The van der Waals surface area contributed by atoms with Crippen LogP contribution in [0.4, 0.5) is 5.69 Å². The Morgan fingerprint density at radius 3 is 2.24 bits per heavy atom. The van der Waals surface area contributed by atoms with Gasteiger partial charge in [-0.15, -0.1) is 0 Å². The van der Waals surface area contributed by atoms with Crippen molar-refractivity contribution in [3.05, 3.63) is 29.8 Å². The molecule has 42 heavy (non-hydrogen) atoms. The van der Waals surface area contributed by atoms with Crippen LogP contribution in [0.3, 0.4) is 0 Å². The smallest absolute Gasteiger partial charge is 0.251 e. The number of anilines is 1. The molecule has 0 aliphatic carbocycles. The largest absolute Gasteiger partial charge is 0.358 e. The van der Waals surface area contributed by atoms with Crippen LogP contribution >= 0.6 is 0 Å². The molecule has 232 valence electrons. The summed E-state index contributed by atoms with van der Waals surface area (Å²) >= 11 is 0. The van der Waals surface area contributed by atoms with Gasteiger partial charge < -0.3 is 48.7 Å². The second-order valence-corrected chi connectivity index (χ2v) is 12.5. The fourth-order valence-electron chi connectivity index (χ4n) is 6.35. The SMILES string of the molecule is CC1(C)OCC(C2OC(Nc3ccc(C(=O)NCCC(=O)N4CCC5(CC4)OCCCO5)cc3)[C@H]3OC(C)(C)O[C@@H]23)O1. The van der Waals surface area contributed by atoms with Crippen LogP contribution < -0.4 is 10.6 Å². The molecule has 0 saturated carbocycles. The van der Waals surface area contributed by atoms with Crippen molar-refractivity contribution in [1.29, 1.82) is 0 Å². The number of ether oxygens (including phenoxy) is 7. The Morgan fingerprint density at radius 1 is 0.881 bits per heavy atom. The number of fused-ring (bicyclic) bond motifs is 1. The molecule has 2 amide bonds. The Hall–Kier alpha value is -2.32. The maximum atomic E-state index is 12.7. The van der Waals surface area contributed by atoms with E-state index in [1.54, 1.807) is 12.1 Å². The van der Waals surface area contributed by atoms with E-state index >= 15 is 0 Å². The summed E-state index contributed by atoms with van der Waals surface area (Å²) in [6.45, 7) is 10.8. The summed E-state index contributed by atoms with van der Waals surface area (Å²) in [4.78, 5) is 27.3. The minimum absolute atomic E-state index is 0.0214. The number of amides is 2. The molecule has 5 aliphatic rings. The van der Waals surface area contributed by atoms with Crippen LogP contribution in [0.2, 0.25) is 0 Å². The number of carbonyl (C=O) groups excluding carboxylic acids is 2. The molecule has 5 saturated heterocycles. The van der Waals surface area contributed by atoms with Gasteiger partial charge in [0.25, 0.3) is 5.91 Å². The van der Waals surface area contributed by atoms with E-state index in [9.17, 15) is 9.59 Å². The van der Waals surface area contributed by atoms with Crippen molar-refractivity contribution in [1.82, 2.24) is 10.2 Å². The van der Waals surface area contributed by atoms with E-state index in [0.29, 0.717) is 51.3 Å². The van der Waals surface area contributed by atoms with Crippen LogP contribution in [0, 0.1) is 0 Å². The third-order valence-corrected chi connectivity index (χ3v) is 8.46. The van der Waals surface area contributed by atoms with Crippen molar-refractivity contribution in [2.24, 2.45) is 0 Å². The van der Waals surface area contributed by atoms with E-state index in [2.05, 4.69) is 10.6 Å². The molecule has 1 spiro atoms. The predicted molar refractivity (Wildman–Crippen MR) is 149 cm³/mol. The Bertz CT molecular complexity index is 1130. The molecule has 0 aromatic heterocycles. The summed E-state index contributed by atoms with van der Waals surface area (Å²) in [5, 5.41) is 6.24. The van der Waals surface area contributed by atoms with Gasteiger partial charge in [0, 0.05) is 50.1 Å². The summed E-state index contributed by atoms with van der Waals surface area (Å²) in [7, 11) is 0. The molecule has 1 aromatic rings. The van der Waals surface area contributed by atoms with E-state index in [-0.39, 0.29) is 49.2 Å². The van der Waals surface area contributed by atoms with Gasteiger partial charge in [-0.1, -0.05) is 0 Å². The summed E-state index contributed by atoms with van der Waals surface area (Å²) in [6, 6.07) is 7.13. The van der Waals surface area contributed by atoms with Gasteiger partial charge in [-0.25, -0.2) is 0 Å². The molecule has 1 aromatic carbocycles. The molecule has 2 N–H and O–H groups in total. The van der Waals surface area contributed by atoms with Crippen LogP contribution in [-0.4, -0.2) is 104 Å². The quantitative estimate of drug-likeness (QED) is 0.490. The predicted octanol–water partition coefficient (Wildman–Crippen LogP) is 2.37. The number of nitrogens with zero attached hydrogens (tertiary/aromatic N) is 1. The van der Waals surface area contributed by atoms with Gasteiger partial charge in [-0.3, -0.25) is 9.59 Å². The number of nitrogens with one attached hydrogen (secondary N) is 2. The van der Waals surface area contributed by atoms with Crippen LogP contribution in [0.25, 0.3) is 0 Å². The molecule has 12 heteroatoms. The normalized spacial score (nSPS) is 33.0. The number of carbonyl (C=O) groups is 2. The molecule has 3 unspecified atom stereocenters. The molecular formula is C30H43N3O9. The van der Waals surface area contributed by atoms with Crippen LogP contribution in [0.15, 0.2) is 24.3 Å². The van der Waals surface area contributed by atoms with Crippen molar-refractivity contribution in [3.63, 3.8) is 0 Å². The lowest BCUT2D eigenvalue weighted by Crippen LogP contribution is -2.51. The van der Waals surface area contributed by atoms with Gasteiger partial charge in [0.2, 0.25) is 5.91 Å². The van der Waals surface area contributed by atoms with Crippen LogP contribution in [0.5, 0.6) is 0 Å². The maximum Gasteiger partial charge on any atom is 0.251 e. The third-order valence-electron chi connectivity index (χ3n) is 8.46. The molecule has 12 nitrogen and oxygen atoms in total. The molecular weight excluding hydrogens is 546 g/mol. The zero-order valence-corrected chi connectivity index (χ0v) is 24.9. The first kappa shape index (κ1) is 29.7. The van der Waals surface area contributed by atoms with E-state index < -0.39 is 23.6 Å². The van der Waals surface area contributed by atoms with Gasteiger partial charge in [-0.05, 0) is 58.4 Å². The molecule has 0 radical (unpaired) electrons. The number of rotatable bonds is 7. The Kier molecular flexibility index (Phi) is 8.24. The highest BCUT2D eigenvalue weighted by molar-refractivity contribution is 5.94. The van der Waals surface area contributed by atoms with Crippen molar-refractivity contribution >= 4 is 17.5 Å². The van der Waals surface area contributed by atoms with Crippen molar-refractivity contribution in [2.75, 3.05) is 44.8 Å². The highest BCUT2D eigenvalue weighted by Gasteiger charge is 2.59. The first-order valence-electron chi connectivity index (χ1n) is 15.0. The number of hydrogen-bond donors (Lipinski definition) is 2. The summed E-state index contributed by atoms with van der Waals surface area (Å²) < 4.78 is 42.2. The average Bonchev–Trinajstić information content (AvgIpc) is 3.59. The number of hydrogen-bond acceptors (Lipinski definition) is 10. The zero-order chi connectivity index (χ0) is 29.5. The minimum atomic E-state index is -0.746. The first-order valence-corrected chi connectivity index (χ1v) is 15.0. The van der Waals surface area contributed by atoms with Crippen molar-refractivity contribution in [2.45, 2.75) is 101 Å². The number of benzene rings is 1. The second kappa shape index (κ2) is 11.6. The highest BCUT2D eigenvalue weighted by atomic mass is 16.8. The van der Waals surface area contributed by atoms with Crippen LogP contribution in [-0.2, 0) is 38.0 Å². The van der Waals surface area contributed by atoms with Gasteiger partial charge in [0.05, 0.1) is 19.8 Å². The lowest BCUT2D eigenvalue weighted by Gasteiger charge is -2.43. The maximum absolute atomic E-state index is 12.7. The molecule has 0 bridgehead atoms. The van der Waals surface area contributed by atoms with Crippen molar-refractivity contribution in [3.8, 4) is 0 Å². The highest BCUT2D eigenvalue weighted by Crippen LogP contribution is 2.42. The monoisotopic (exact) mass is 589 g/mol. The Labute approximate surface area is 246 Å². The van der Waals surface area contributed by atoms with Crippen LogP contribution in [0.1, 0.15) is 63.7 Å². The molecule has 6 rings (SSSR count). The van der Waals surface area contributed by atoms with E-state index in [4.69, 9.17) is 33.2 Å². The zero-order valence-electron chi connectivity index (χ0n) is 24.9. The fourth-order valence-corrected chi connectivity index (χ4v) is 6.35. The minimum Gasteiger partial charge on any atom is -0.358 e. The Balaban J connectivity index is 0.976. The van der Waals surface area contributed by atoms with Crippen molar-refractivity contribution < 1.29 is 42.7 Å². The third kappa shape index (κ3) is 6.45. The number of likely N-dealkylation sites (tertiary alicyclic amines) is 1. The first-order chi connectivity index (χ1) is 20.0. The fraction of sp³-hybridized carbons (Fsp3) is 0.733. The van der Waals surface area contributed by atoms with Gasteiger partial charge in [0.15, 0.2) is 23.6 Å². The summed E-state index contributed by atoms with van der Waals surface area (Å²) in [6.07, 6.45) is 0.750. The van der Waals surface area contributed by atoms with E-state index in [1.165, 1.54) is 0 Å². The van der Waals surface area contributed by atoms with Gasteiger partial charge in [-0.2, -0.15) is 0 Å². The second-order valence-electron chi connectivity index (χ2n) is 12.5.